The van der Waals surface area contributed by atoms with Crippen LogP contribution in [0.4, 0.5) is 33.6 Å². The van der Waals surface area contributed by atoms with E-state index in [0.29, 0.717) is 28.7 Å². The Labute approximate surface area is 257 Å². The fraction of sp³-hybridized carbons (Fsp3) is 0.345. The Hall–Kier alpha value is -4.53. The first-order valence-corrected chi connectivity index (χ1v) is 13.8. The summed E-state index contributed by atoms with van der Waals surface area (Å²) in [7, 11) is 2.75. The third kappa shape index (κ3) is 5.60. The van der Waals surface area contributed by atoms with Crippen LogP contribution in [0.3, 0.4) is 0 Å². The molecule has 0 saturated carbocycles. The predicted octanol–water partition coefficient (Wildman–Crippen LogP) is 5.69. The second kappa shape index (κ2) is 11.4. The zero-order chi connectivity index (χ0) is 32.9. The monoisotopic (exact) mass is 652 g/mol. The molecule has 0 aliphatic carbocycles. The minimum absolute atomic E-state index is 0.0333. The van der Waals surface area contributed by atoms with Gasteiger partial charge in [0.15, 0.2) is 5.82 Å². The highest BCUT2D eigenvalue weighted by molar-refractivity contribution is 6.31. The zero-order valence-corrected chi connectivity index (χ0v) is 24.8. The SMILES string of the molecule is COC(=O)CCc1ccc(C2(C)C(=O)Nc3nc(-c4nn(CCC(F)(F)C(F)(F)F)c5cc(Cl)ccc45)nc(N)c32)cc1OC. The molecule has 16 heteroatoms. The summed E-state index contributed by atoms with van der Waals surface area (Å²) < 4.78 is 77.1. The van der Waals surface area contributed by atoms with Gasteiger partial charge < -0.3 is 20.5 Å². The zero-order valence-electron chi connectivity index (χ0n) is 24.1. The number of rotatable bonds is 9. The first kappa shape index (κ1) is 31.9. The van der Waals surface area contributed by atoms with Crippen LogP contribution in [-0.2, 0) is 32.7 Å². The third-order valence-electron chi connectivity index (χ3n) is 7.79. The van der Waals surface area contributed by atoms with Crippen molar-refractivity contribution in [3.63, 3.8) is 0 Å². The Morgan fingerprint density at radius 3 is 2.51 bits per heavy atom. The highest BCUT2D eigenvalue weighted by atomic mass is 35.5. The minimum atomic E-state index is -5.73. The number of fused-ring (bicyclic) bond motifs is 2. The van der Waals surface area contributed by atoms with E-state index in [1.807, 2.05) is 0 Å². The highest BCUT2D eigenvalue weighted by Crippen LogP contribution is 2.46. The van der Waals surface area contributed by atoms with Gasteiger partial charge in [-0.2, -0.15) is 27.1 Å². The van der Waals surface area contributed by atoms with Crippen molar-refractivity contribution in [2.45, 2.75) is 50.2 Å². The smallest absolute Gasteiger partial charge is 0.453 e. The lowest BCUT2D eigenvalue weighted by atomic mass is 9.77. The molecule has 45 heavy (non-hydrogen) atoms. The normalized spacial score (nSPS) is 16.5. The number of carbonyl (C=O) groups excluding carboxylic acids is 2. The van der Waals surface area contributed by atoms with Crippen molar-refractivity contribution in [2.75, 3.05) is 25.3 Å². The predicted molar refractivity (Wildman–Crippen MR) is 154 cm³/mol. The number of alkyl halides is 5. The highest BCUT2D eigenvalue weighted by Gasteiger charge is 2.57. The van der Waals surface area contributed by atoms with E-state index in [1.165, 1.54) is 32.4 Å². The number of anilines is 2. The number of amides is 1. The summed E-state index contributed by atoms with van der Waals surface area (Å²) in [5.74, 6) is -5.50. The largest absolute Gasteiger partial charge is 0.496 e. The van der Waals surface area contributed by atoms with Gasteiger partial charge in [-0.3, -0.25) is 14.3 Å². The number of methoxy groups -OCH3 is 2. The van der Waals surface area contributed by atoms with Gasteiger partial charge in [0, 0.05) is 29.8 Å². The second-order valence-corrected chi connectivity index (χ2v) is 11.0. The van der Waals surface area contributed by atoms with Gasteiger partial charge >= 0.3 is 18.1 Å². The molecule has 1 aliphatic heterocycles. The van der Waals surface area contributed by atoms with Crippen LogP contribution in [0.25, 0.3) is 22.4 Å². The van der Waals surface area contributed by atoms with E-state index in [2.05, 4.69) is 20.4 Å². The average molecular weight is 653 g/mol. The molecule has 0 bridgehead atoms. The molecule has 0 radical (unpaired) electrons. The lowest BCUT2D eigenvalue weighted by Crippen LogP contribution is -2.37. The second-order valence-electron chi connectivity index (χ2n) is 10.5. The molecule has 0 fully saturated rings. The van der Waals surface area contributed by atoms with Crippen molar-refractivity contribution in [2.24, 2.45) is 0 Å². The lowest BCUT2D eigenvalue weighted by Gasteiger charge is -2.24. The molecule has 1 aliphatic rings. The molecule has 3 N–H and O–H groups in total. The van der Waals surface area contributed by atoms with Crippen LogP contribution in [0, 0.1) is 0 Å². The Morgan fingerprint density at radius 2 is 1.84 bits per heavy atom. The molecule has 0 saturated heterocycles. The third-order valence-corrected chi connectivity index (χ3v) is 8.03. The number of nitrogens with one attached hydrogen (secondary N) is 1. The van der Waals surface area contributed by atoms with Gasteiger partial charge in [-0.05, 0) is 48.7 Å². The lowest BCUT2D eigenvalue weighted by molar-refractivity contribution is -0.285. The number of halogens is 6. The fourth-order valence-corrected chi connectivity index (χ4v) is 5.43. The summed E-state index contributed by atoms with van der Waals surface area (Å²) in [5.41, 5.74) is 6.72. The van der Waals surface area contributed by atoms with Gasteiger partial charge in [-0.25, -0.2) is 9.97 Å². The number of ether oxygens (including phenoxy) is 2. The van der Waals surface area contributed by atoms with Gasteiger partial charge in [0.1, 0.15) is 28.5 Å². The fourth-order valence-electron chi connectivity index (χ4n) is 5.26. The van der Waals surface area contributed by atoms with E-state index in [0.717, 1.165) is 4.68 Å². The molecular weight excluding hydrogens is 627 g/mol. The molecule has 2 aromatic heterocycles. The van der Waals surface area contributed by atoms with Crippen molar-refractivity contribution in [3.8, 4) is 17.3 Å². The first-order valence-electron chi connectivity index (χ1n) is 13.5. The molecule has 1 atom stereocenters. The number of esters is 1. The minimum Gasteiger partial charge on any atom is -0.496 e. The Kier molecular flexibility index (Phi) is 8.10. The van der Waals surface area contributed by atoms with E-state index in [1.54, 1.807) is 25.1 Å². The molecule has 5 rings (SSSR count). The first-order chi connectivity index (χ1) is 21.1. The summed E-state index contributed by atoms with van der Waals surface area (Å²) in [6, 6.07) is 9.45. The number of aryl methyl sites for hydroxylation is 2. The van der Waals surface area contributed by atoms with Crippen LogP contribution < -0.4 is 15.8 Å². The molecule has 0 spiro atoms. The Balaban J connectivity index is 1.55. The van der Waals surface area contributed by atoms with Gasteiger partial charge in [0.05, 0.1) is 25.3 Å². The maximum atomic E-state index is 13.7. The Morgan fingerprint density at radius 1 is 1.11 bits per heavy atom. The molecule has 2 aromatic carbocycles. The molecule has 1 unspecified atom stereocenters. The van der Waals surface area contributed by atoms with E-state index in [4.69, 9.17) is 26.8 Å². The van der Waals surface area contributed by atoms with Crippen LogP contribution in [0.15, 0.2) is 36.4 Å². The molecule has 4 aromatic rings. The number of benzene rings is 2. The maximum absolute atomic E-state index is 13.7. The number of hydrogen-bond donors (Lipinski definition) is 2. The van der Waals surface area contributed by atoms with Crippen molar-refractivity contribution in [1.82, 2.24) is 19.7 Å². The number of nitrogens with two attached hydrogens (primary N) is 1. The standard InChI is InChI=1S/C29H26ClF5N6O4/c1-27(15-6-4-14(19(12-15)44-2)5-9-20(42)45-3)21-23(36)37-25(38-24(21)39-26(27)43)22-17-8-7-16(30)13-18(17)41(40-22)11-10-28(31,32)29(33,34)35/h4,6-8,12-13H,5,9-11H2,1-3H3,(H3,36,37,38,39,43). The van der Waals surface area contributed by atoms with Crippen LogP contribution >= 0.6 is 11.6 Å². The van der Waals surface area contributed by atoms with E-state index < -0.39 is 42.4 Å². The van der Waals surface area contributed by atoms with Gasteiger partial charge in [0.25, 0.3) is 0 Å². The van der Waals surface area contributed by atoms with Gasteiger partial charge in [-0.15, -0.1) is 0 Å². The summed E-state index contributed by atoms with van der Waals surface area (Å²) in [5, 5.41) is 7.47. The summed E-state index contributed by atoms with van der Waals surface area (Å²) in [4.78, 5) is 33.9. The van der Waals surface area contributed by atoms with Crippen LogP contribution in [-0.4, -0.2) is 57.9 Å². The van der Waals surface area contributed by atoms with Crippen molar-refractivity contribution < 1.29 is 41.0 Å². The summed E-state index contributed by atoms with van der Waals surface area (Å²) in [6.07, 6.45) is -6.83. The molecule has 3 heterocycles. The van der Waals surface area contributed by atoms with E-state index in [9.17, 15) is 31.5 Å². The number of hydrogen-bond acceptors (Lipinski definition) is 8. The quantitative estimate of drug-likeness (QED) is 0.174. The molecular formula is C29H26ClF5N6O4. The molecule has 10 nitrogen and oxygen atoms in total. The van der Waals surface area contributed by atoms with E-state index >= 15 is 0 Å². The Bertz CT molecular complexity index is 1830. The number of nitrogen functional groups attached to an aromatic ring is 1. The summed E-state index contributed by atoms with van der Waals surface area (Å²) in [6.45, 7) is 0.833. The van der Waals surface area contributed by atoms with Crippen LogP contribution in [0.5, 0.6) is 5.75 Å². The van der Waals surface area contributed by atoms with Crippen LogP contribution in [0.1, 0.15) is 36.5 Å². The van der Waals surface area contributed by atoms with Gasteiger partial charge in [0.2, 0.25) is 5.91 Å². The topological polar surface area (TPSA) is 134 Å². The number of nitrogens with zero attached hydrogens (tertiary/aromatic N) is 4. The van der Waals surface area contributed by atoms with Gasteiger partial charge in [-0.1, -0.05) is 23.7 Å². The van der Waals surface area contributed by atoms with Crippen molar-refractivity contribution >= 4 is 46.0 Å². The number of aromatic nitrogens is 4. The number of carbonyl (C=O) groups is 2. The van der Waals surface area contributed by atoms with Crippen LogP contribution in [0.2, 0.25) is 5.02 Å². The average Bonchev–Trinajstić information content (AvgIpc) is 3.48. The maximum Gasteiger partial charge on any atom is 0.453 e. The molecule has 238 valence electrons. The van der Waals surface area contributed by atoms with E-state index in [-0.39, 0.29) is 45.7 Å². The summed E-state index contributed by atoms with van der Waals surface area (Å²) >= 11 is 6.09. The molecule has 1 amide bonds. The van der Waals surface area contributed by atoms with Crippen molar-refractivity contribution in [1.29, 1.82) is 0 Å². The van der Waals surface area contributed by atoms with Crippen molar-refractivity contribution in [3.05, 3.63) is 58.1 Å².